The molecular weight excluding hydrogens is 284 g/mol. The van der Waals surface area contributed by atoms with Crippen molar-refractivity contribution in [1.82, 2.24) is 10.7 Å². The zero-order chi connectivity index (χ0) is 16.6. The third kappa shape index (κ3) is 7.61. The van der Waals surface area contributed by atoms with Crippen molar-refractivity contribution < 1.29 is 14.6 Å². The van der Waals surface area contributed by atoms with Crippen LogP contribution in [-0.4, -0.2) is 42.1 Å². The highest BCUT2D eigenvalue weighted by Crippen LogP contribution is 2.16. The number of aliphatic hydroxyl groups excluding tert-OH is 1. The molecule has 0 spiro atoms. The third-order valence-electron chi connectivity index (χ3n) is 2.60. The highest BCUT2D eigenvalue weighted by molar-refractivity contribution is 5.84. The Labute approximate surface area is 130 Å². The number of urea groups is 1. The maximum absolute atomic E-state index is 10.6. The van der Waals surface area contributed by atoms with Gasteiger partial charge in [0.15, 0.2) is 0 Å². The largest absolute Gasteiger partial charge is 0.490 e. The van der Waals surface area contributed by atoms with E-state index in [0.29, 0.717) is 17.9 Å². The van der Waals surface area contributed by atoms with Crippen molar-refractivity contribution in [2.24, 2.45) is 10.8 Å². The molecule has 0 aliphatic rings. The van der Waals surface area contributed by atoms with Crippen LogP contribution >= 0.6 is 0 Å². The Kier molecular flexibility index (Phi) is 6.81. The standard InChI is InChI=1S/C15H24N4O3/c1-15(2,3)17-9-12(20)10-22-13-7-5-4-6-11(13)8-18-19-14(16)21/h4-8,12,17,20H,9-10H2,1-3H3,(H3,16,19,21)/b18-8+. The molecule has 0 bridgehead atoms. The minimum absolute atomic E-state index is 0.0635. The summed E-state index contributed by atoms with van der Waals surface area (Å²) < 4.78 is 5.60. The molecule has 7 nitrogen and oxygen atoms in total. The first-order valence-corrected chi connectivity index (χ1v) is 7.01. The average molecular weight is 308 g/mol. The fraction of sp³-hybridized carbons (Fsp3) is 0.467. The summed E-state index contributed by atoms with van der Waals surface area (Å²) in [6.07, 6.45) is 0.799. The van der Waals surface area contributed by atoms with Crippen molar-refractivity contribution in [3.63, 3.8) is 0 Å². The van der Waals surface area contributed by atoms with E-state index in [2.05, 4.69) is 15.8 Å². The Hall–Kier alpha value is -2.12. The van der Waals surface area contributed by atoms with Gasteiger partial charge in [-0.1, -0.05) is 12.1 Å². The number of benzene rings is 1. The van der Waals surface area contributed by atoms with Crippen molar-refractivity contribution in [2.45, 2.75) is 32.4 Å². The van der Waals surface area contributed by atoms with E-state index in [1.54, 1.807) is 12.1 Å². The average Bonchev–Trinajstić information content (AvgIpc) is 2.43. The summed E-state index contributed by atoms with van der Waals surface area (Å²) in [5, 5.41) is 16.8. The Morgan fingerprint density at radius 2 is 2.14 bits per heavy atom. The maximum Gasteiger partial charge on any atom is 0.332 e. The molecule has 0 saturated carbocycles. The normalized spacial score (nSPS) is 13.1. The minimum atomic E-state index is -0.738. The smallest absolute Gasteiger partial charge is 0.332 e. The predicted molar refractivity (Wildman–Crippen MR) is 86.0 cm³/mol. The quantitative estimate of drug-likeness (QED) is 0.441. The Balaban J connectivity index is 2.55. The van der Waals surface area contributed by atoms with Crippen LogP contribution in [0.1, 0.15) is 26.3 Å². The zero-order valence-corrected chi connectivity index (χ0v) is 13.2. The van der Waals surface area contributed by atoms with E-state index in [-0.39, 0.29) is 12.1 Å². The molecule has 0 saturated heterocycles. The highest BCUT2D eigenvalue weighted by Gasteiger charge is 2.13. The zero-order valence-electron chi connectivity index (χ0n) is 13.2. The van der Waals surface area contributed by atoms with Crippen LogP contribution in [0.3, 0.4) is 0 Å². The number of aliphatic hydroxyl groups is 1. The predicted octanol–water partition coefficient (Wildman–Crippen LogP) is 0.817. The van der Waals surface area contributed by atoms with Gasteiger partial charge in [-0.3, -0.25) is 0 Å². The topological polar surface area (TPSA) is 109 Å². The fourth-order valence-corrected chi connectivity index (χ4v) is 1.55. The number of rotatable bonds is 7. The van der Waals surface area contributed by atoms with Crippen molar-refractivity contribution in [3.8, 4) is 5.75 Å². The number of primary amides is 1. The van der Waals surface area contributed by atoms with E-state index in [1.165, 1.54) is 6.21 Å². The van der Waals surface area contributed by atoms with Crippen LogP contribution in [0.15, 0.2) is 29.4 Å². The fourth-order valence-electron chi connectivity index (χ4n) is 1.55. The first-order chi connectivity index (χ1) is 10.3. The molecule has 1 unspecified atom stereocenters. The molecule has 0 heterocycles. The van der Waals surface area contributed by atoms with E-state index < -0.39 is 12.1 Å². The van der Waals surface area contributed by atoms with Crippen LogP contribution in [0, 0.1) is 0 Å². The molecule has 2 amide bonds. The van der Waals surface area contributed by atoms with Gasteiger partial charge in [-0.15, -0.1) is 0 Å². The van der Waals surface area contributed by atoms with Crippen molar-refractivity contribution in [3.05, 3.63) is 29.8 Å². The molecule has 122 valence electrons. The van der Waals surface area contributed by atoms with Crippen LogP contribution in [0.25, 0.3) is 0 Å². The number of hydrogen-bond acceptors (Lipinski definition) is 5. The van der Waals surface area contributed by atoms with Crippen LogP contribution in [0.4, 0.5) is 4.79 Å². The summed E-state index contributed by atoms with van der Waals surface area (Å²) in [5.74, 6) is 0.562. The summed E-state index contributed by atoms with van der Waals surface area (Å²) >= 11 is 0. The van der Waals surface area contributed by atoms with Gasteiger partial charge in [0.1, 0.15) is 18.5 Å². The monoisotopic (exact) mass is 308 g/mol. The summed E-state index contributed by atoms with van der Waals surface area (Å²) in [5.41, 5.74) is 7.65. The van der Waals surface area contributed by atoms with Crippen molar-refractivity contribution in [1.29, 1.82) is 0 Å². The van der Waals surface area contributed by atoms with E-state index >= 15 is 0 Å². The molecule has 0 fully saturated rings. The number of nitrogens with one attached hydrogen (secondary N) is 2. The van der Waals surface area contributed by atoms with Gasteiger partial charge < -0.3 is 20.9 Å². The molecule has 7 heteroatoms. The molecule has 22 heavy (non-hydrogen) atoms. The van der Waals surface area contributed by atoms with Gasteiger partial charge in [-0.25, -0.2) is 10.2 Å². The molecule has 1 rings (SSSR count). The first-order valence-electron chi connectivity index (χ1n) is 7.01. The second-order valence-electron chi connectivity index (χ2n) is 5.87. The summed E-state index contributed by atoms with van der Waals surface area (Å²) in [4.78, 5) is 10.6. The van der Waals surface area contributed by atoms with Crippen LogP contribution in [-0.2, 0) is 0 Å². The molecule has 5 N–H and O–H groups in total. The lowest BCUT2D eigenvalue weighted by atomic mass is 10.1. The summed E-state index contributed by atoms with van der Waals surface area (Å²) in [6, 6.07) is 6.43. The molecule has 0 radical (unpaired) electrons. The van der Waals surface area contributed by atoms with Gasteiger partial charge in [0.05, 0.1) is 6.21 Å². The van der Waals surface area contributed by atoms with Crippen LogP contribution < -0.4 is 21.2 Å². The number of ether oxygens (including phenoxy) is 1. The second-order valence-corrected chi connectivity index (χ2v) is 5.87. The van der Waals surface area contributed by atoms with E-state index in [9.17, 15) is 9.90 Å². The van der Waals surface area contributed by atoms with Gasteiger partial charge in [0, 0.05) is 17.6 Å². The molecule has 1 aromatic carbocycles. The number of hydrogen-bond donors (Lipinski definition) is 4. The number of hydrazone groups is 1. The van der Waals surface area contributed by atoms with E-state index in [1.807, 2.05) is 32.9 Å². The number of nitrogens with zero attached hydrogens (tertiary/aromatic N) is 1. The van der Waals surface area contributed by atoms with E-state index in [0.717, 1.165) is 0 Å². The number of carbonyl (C=O) groups is 1. The number of β-amino-alcohol motifs (C(OH)–C–C–N with tert-alkyl or cyclic N) is 1. The molecule has 1 atom stereocenters. The van der Waals surface area contributed by atoms with Gasteiger partial charge in [-0.05, 0) is 32.9 Å². The van der Waals surface area contributed by atoms with Gasteiger partial charge in [-0.2, -0.15) is 5.10 Å². The van der Waals surface area contributed by atoms with Crippen molar-refractivity contribution >= 4 is 12.2 Å². The summed E-state index contributed by atoms with van der Waals surface area (Å²) in [7, 11) is 0. The Morgan fingerprint density at radius 3 is 2.77 bits per heavy atom. The second kappa shape index (κ2) is 8.35. The third-order valence-corrected chi connectivity index (χ3v) is 2.60. The first kappa shape index (κ1) is 17.9. The number of nitrogens with two attached hydrogens (primary N) is 1. The molecule has 0 aliphatic carbocycles. The lowest BCUT2D eigenvalue weighted by Crippen LogP contribution is -2.42. The maximum atomic E-state index is 10.6. The number of carbonyl (C=O) groups excluding carboxylic acids is 1. The Morgan fingerprint density at radius 1 is 1.45 bits per heavy atom. The minimum Gasteiger partial charge on any atom is -0.490 e. The van der Waals surface area contributed by atoms with Gasteiger partial charge in [0.25, 0.3) is 0 Å². The van der Waals surface area contributed by atoms with Crippen LogP contribution in [0.5, 0.6) is 5.75 Å². The molecule has 1 aromatic rings. The molecule has 0 aliphatic heterocycles. The Bertz CT molecular complexity index is 512. The summed E-state index contributed by atoms with van der Waals surface area (Å²) in [6.45, 7) is 6.66. The van der Waals surface area contributed by atoms with E-state index in [4.69, 9.17) is 10.5 Å². The molecular formula is C15H24N4O3. The SMILES string of the molecule is CC(C)(C)NCC(O)COc1ccccc1/C=N/NC(N)=O. The lowest BCUT2D eigenvalue weighted by molar-refractivity contribution is 0.1000. The van der Waals surface area contributed by atoms with Crippen LogP contribution in [0.2, 0.25) is 0 Å². The number of para-hydroxylation sites is 1. The highest BCUT2D eigenvalue weighted by atomic mass is 16.5. The van der Waals surface area contributed by atoms with Crippen molar-refractivity contribution in [2.75, 3.05) is 13.2 Å². The lowest BCUT2D eigenvalue weighted by Gasteiger charge is -2.23. The molecule has 0 aromatic heterocycles. The van der Waals surface area contributed by atoms with Gasteiger partial charge in [0.2, 0.25) is 0 Å². The van der Waals surface area contributed by atoms with Gasteiger partial charge >= 0.3 is 6.03 Å². The number of amides is 2.